The van der Waals surface area contributed by atoms with Gasteiger partial charge in [-0.2, -0.15) is 0 Å². The summed E-state index contributed by atoms with van der Waals surface area (Å²) in [6.45, 7) is 3.01. The summed E-state index contributed by atoms with van der Waals surface area (Å²) in [5, 5.41) is 11.0. The van der Waals surface area contributed by atoms with E-state index in [1.165, 1.54) is 5.56 Å². The summed E-state index contributed by atoms with van der Waals surface area (Å²) in [6, 6.07) is 20.8. The molecule has 0 aliphatic carbocycles. The van der Waals surface area contributed by atoms with E-state index >= 15 is 0 Å². The van der Waals surface area contributed by atoms with Crippen LogP contribution in [0.4, 0.5) is 5.69 Å². The minimum atomic E-state index is -3.83. The summed E-state index contributed by atoms with van der Waals surface area (Å²) in [4.78, 5) is 2.07. The zero-order valence-corrected chi connectivity index (χ0v) is 21.6. The molecule has 2 heterocycles. The number of hydrogen-bond acceptors (Lipinski definition) is 5. The Morgan fingerprint density at radius 2 is 1.84 bits per heavy atom. The lowest BCUT2D eigenvalue weighted by Gasteiger charge is -2.32. The monoisotopic (exact) mass is 519 g/mol. The molecule has 9 heteroatoms. The van der Waals surface area contributed by atoms with Crippen LogP contribution >= 0.6 is 0 Å². The Hall–Kier alpha value is -3.56. The fourth-order valence-corrected chi connectivity index (χ4v) is 6.28. The molecule has 0 spiro atoms. The third-order valence-electron chi connectivity index (χ3n) is 6.99. The van der Waals surface area contributed by atoms with Crippen molar-refractivity contribution in [2.24, 2.45) is 5.73 Å². The number of piperidine rings is 1. The largest absolute Gasteiger partial charge is 0.490 e. The van der Waals surface area contributed by atoms with E-state index in [9.17, 15) is 8.42 Å². The highest BCUT2D eigenvalue weighted by Gasteiger charge is 2.24. The van der Waals surface area contributed by atoms with Gasteiger partial charge in [0.05, 0.1) is 4.90 Å². The zero-order chi connectivity index (χ0) is 25.8. The maximum absolute atomic E-state index is 13.6. The standard InChI is InChI=1S/C28H33N5O3S/c29-28(30)33-14-11-25(12-15-33)36-26-8-9-27(22(18-26)16-20-4-2-1-3-5-20)37(34,35)32-24-7-6-21-10-13-31-19-23(21)17-24/h1-9,17-18,25,31-32H,10-16,19H2,(H3,29,30). The zero-order valence-electron chi connectivity index (χ0n) is 20.7. The molecule has 37 heavy (non-hydrogen) atoms. The lowest BCUT2D eigenvalue weighted by atomic mass is 10.0. The van der Waals surface area contributed by atoms with Gasteiger partial charge in [0.2, 0.25) is 0 Å². The maximum Gasteiger partial charge on any atom is 0.262 e. The molecule has 5 rings (SSSR count). The van der Waals surface area contributed by atoms with E-state index in [1.54, 1.807) is 12.1 Å². The lowest BCUT2D eigenvalue weighted by Crippen LogP contribution is -2.44. The van der Waals surface area contributed by atoms with E-state index in [-0.39, 0.29) is 17.0 Å². The molecule has 0 atom stereocenters. The lowest BCUT2D eigenvalue weighted by molar-refractivity contribution is 0.130. The van der Waals surface area contributed by atoms with Crippen LogP contribution in [-0.2, 0) is 29.4 Å². The fourth-order valence-electron chi connectivity index (χ4n) is 5.01. The Labute approximate surface area is 218 Å². The van der Waals surface area contributed by atoms with Crippen molar-refractivity contribution in [3.63, 3.8) is 0 Å². The second-order valence-electron chi connectivity index (χ2n) is 9.64. The number of nitrogens with zero attached hydrogens (tertiary/aromatic N) is 1. The number of fused-ring (bicyclic) bond motifs is 1. The van der Waals surface area contributed by atoms with Crippen molar-refractivity contribution in [1.82, 2.24) is 10.2 Å². The van der Waals surface area contributed by atoms with Crippen LogP contribution < -0.4 is 20.5 Å². The van der Waals surface area contributed by atoms with Gasteiger partial charge in [0, 0.05) is 38.2 Å². The number of ether oxygens (including phenoxy) is 1. The smallest absolute Gasteiger partial charge is 0.262 e. The summed E-state index contributed by atoms with van der Waals surface area (Å²) < 4.78 is 36.2. The molecular weight excluding hydrogens is 486 g/mol. The minimum Gasteiger partial charge on any atom is -0.490 e. The summed E-state index contributed by atoms with van der Waals surface area (Å²) in [5.74, 6) is 0.729. The average Bonchev–Trinajstić information content (AvgIpc) is 2.89. The van der Waals surface area contributed by atoms with Crippen molar-refractivity contribution >= 4 is 21.7 Å². The van der Waals surface area contributed by atoms with Crippen molar-refractivity contribution in [2.75, 3.05) is 24.4 Å². The van der Waals surface area contributed by atoms with Crippen LogP contribution in [0.1, 0.15) is 35.1 Å². The molecule has 3 aromatic carbocycles. The van der Waals surface area contributed by atoms with E-state index in [1.807, 2.05) is 59.5 Å². The summed E-state index contributed by atoms with van der Waals surface area (Å²) >= 11 is 0. The highest BCUT2D eigenvalue weighted by Crippen LogP contribution is 2.29. The SMILES string of the molecule is N=C(N)N1CCC(Oc2ccc(S(=O)(=O)Nc3ccc4c(c3)CNCC4)c(Cc3ccccc3)c2)CC1. The van der Waals surface area contributed by atoms with Crippen LogP contribution in [0.15, 0.2) is 71.6 Å². The number of likely N-dealkylation sites (tertiary alicyclic amines) is 1. The van der Waals surface area contributed by atoms with Gasteiger partial charge in [0.25, 0.3) is 10.0 Å². The van der Waals surface area contributed by atoms with Crippen molar-refractivity contribution in [3.8, 4) is 5.75 Å². The van der Waals surface area contributed by atoms with Gasteiger partial charge in [-0.1, -0.05) is 36.4 Å². The average molecular weight is 520 g/mol. The summed E-state index contributed by atoms with van der Waals surface area (Å²) in [6.07, 6.45) is 2.90. The first kappa shape index (κ1) is 25.1. The third-order valence-corrected chi connectivity index (χ3v) is 8.47. The van der Waals surface area contributed by atoms with Gasteiger partial charge in [0.15, 0.2) is 5.96 Å². The molecule has 2 aliphatic heterocycles. The molecule has 3 aromatic rings. The first-order valence-corrected chi connectivity index (χ1v) is 14.1. The molecule has 0 saturated carbocycles. The Morgan fingerprint density at radius 1 is 1.05 bits per heavy atom. The number of benzene rings is 3. The predicted octanol–water partition coefficient (Wildman–Crippen LogP) is 3.46. The number of hydrogen-bond donors (Lipinski definition) is 4. The van der Waals surface area contributed by atoms with Crippen molar-refractivity contribution in [2.45, 2.75) is 43.2 Å². The van der Waals surface area contributed by atoms with Crippen molar-refractivity contribution < 1.29 is 13.2 Å². The van der Waals surface area contributed by atoms with Crippen LogP contribution in [0, 0.1) is 5.41 Å². The van der Waals surface area contributed by atoms with Crippen LogP contribution in [0.25, 0.3) is 0 Å². The van der Waals surface area contributed by atoms with Crippen LogP contribution in [0.5, 0.6) is 5.75 Å². The molecule has 1 fully saturated rings. The normalized spacial score (nSPS) is 16.2. The second kappa shape index (κ2) is 10.8. The molecule has 0 amide bonds. The van der Waals surface area contributed by atoms with Crippen molar-refractivity contribution in [1.29, 1.82) is 5.41 Å². The van der Waals surface area contributed by atoms with Gasteiger partial charge >= 0.3 is 0 Å². The molecule has 0 unspecified atom stereocenters. The number of anilines is 1. The highest BCUT2D eigenvalue weighted by atomic mass is 32.2. The highest BCUT2D eigenvalue weighted by molar-refractivity contribution is 7.92. The summed E-state index contributed by atoms with van der Waals surface area (Å²) in [5.41, 5.74) is 10.2. The minimum absolute atomic E-state index is 0.00939. The molecular formula is C28H33N5O3S. The number of nitrogens with one attached hydrogen (secondary N) is 3. The number of rotatable bonds is 7. The molecule has 1 saturated heterocycles. The fraction of sp³-hybridized carbons (Fsp3) is 0.321. The predicted molar refractivity (Wildman–Crippen MR) is 145 cm³/mol. The van der Waals surface area contributed by atoms with Gasteiger partial charge in [-0.05, 0) is 72.0 Å². The number of guanidine groups is 1. The topological polar surface area (TPSA) is 121 Å². The van der Waals surface area contributed by atoms with Gasteiger partial charge in [0.1, 0.15) is 11.9 Å². The molecule has 194 valence electrons. The van der Waals surface area contributed by atoms with Crippen LogP contribution in [0.2, 0.25) is 0 Å². The maximum atomic E-state index is 13.6. The Morgan fingerprint density at radius 3 is 2.59 bits per heavy atom. The van der Waals surface area contributed by atoms with Gasteiger partial charge < -0.3 is 20.7 Å². The van der Waals surface area contributed by atoms with Gasteiger partial charge in [-0.15, -0.1) is 0 Å². The Bertz CT molecular complexity index is 1370. The molecule has 0 aromatic heterocycles. The second-order valence-corrected chi connectivity index (χ2v) is 11.3. The van der Waals surface area contributed by atoms with E-state index < -0.39 is 10.0 Å². The Kier molecular flexibility index (Phi) is 7.34. The molecule has 8 nitrogen and oxygen atoms in total. The molecule has 2 aliphatic rings. The van der Waals surface area contributed by atoms with Gasteiger partial charge in [-0.25, -0.2) is 8.42 Å². The van der Waals surface area contributed by atoms with Crippen LogP contribution in [0.3, 0.4) is 0 Å². The molecule has 5 N–H and O–H groups in total. The number of sulfonamides is 1. The van der Waals surface area contributed by atoms with E-state index in [0.29, 0.717) is 36.5 Å². The quantitative estimate of drug-likeness (QED) is 0.280. The number of nitrogens with two attached hydrogens (primary N) is 1. The summed E-state index contributed by atoms with van der Waals surface area (Å²) in [7, 11) is -3.83. The molecule has 0 radical (unpaired) electrons. The first-order chi connectivity index (χ1) is 17.9. The van der Waals surface area contributed by atoms with Gasteiger partial charge in [-0.3, -0.25) is 10.1 Å². The van der Waals surface area contributed by atoms with Crippen molar-refractivity contribution in [3.05, 3.63) is 89.0 Å². The van der Waals surface area contributed by atoms with E-state index in [4.69, 9.17) is 15.9 Å². The first-order valence-electron chi connectivity index (χ1n) is 12.7. The Balaban J connectivity index is 1.40. The molecule has 0 bridgehead atoms. The van der Waals surface area contributed by atoms with Crippen LogP contribution in [-0.4, -0.2) is 45.0 Å². The van der Waals surface area contributed by atoms with E-state index in [2.05, 4.69) is 10.0 Å². The third kappa shape index (κ3) is 6.06. The van der Waals surface area contributed by atoms with E-state index in [0.717, 1.165) is 43.5 Å².